The molecule has 2 amide bonds. The van der Waals surface area contributed by atoms with Gasteiger partial charge in [-0.25, -0.2) is 4.39 Å². The molecule has 1 fully saturated rings. The third kappa shape index (κ3) is 3.93. The Labute approximate surface area is 223 Å². The molecular weight excluding hydrogens is 501 g/mol. The second-order valence-corrected chi connectivity index (χ2v) is 10.7. The Balaban J connectivity index is 1.38. The average Bonchev–Trinajstić information content (AvgIpc) is 3.16. The largest absolute Gasteiger partial charge is 0.508 e. The van der Waals surface area contributed by atoms with Crippen molar-refractivity contribution >= 4 is 23.4 Å². The summed E-state index contributed by atoms with van der Waals surface area (Å²) in [5.74, 6) is -4.93. The van der Waals surface area contributed by atoms with Crippen molar-refractivity contribution < 1.29 is 33.8 Å². The lowest BCUT2D eigenvalue weighted by Crippen LogP contribution is -2.40. The maximum Gasteiger partial charge on any atom is 0.233 e. The van der Waals surface area contributed by atoms with Gasteiger partial charge in [-0.1, -0.05) is 29.8 Å². The molecular formula is C31H26FNO6. The van der Waals surface area contributed by atoms with Gasteiger partial charge in [0.05, 0.1) is 11.8 Å². The molecule has 4 aliphatic rings. The van der Waals surface area contributed by atoms with Crippen LogP contribution in [0.1, 0.15) is 36.8 Å². The van der Waals surface area contributed by atoms with Gasteiger partial charge in [-0.3, -0.25) is 24.1 Å². The first-order chi connectivity index (χ1) is 18.7. The van der Waals surface area contributed by atoms with Gasteiger partial charge in [0.15, 0.2) is 23.1 Å². The van der Waals surface area contributed by atoms with E-state index in [9.17, 15) is 33.8 Å². The van der Waals surface area contributed by atoms with Gasteiger partial charge in [-0.2, -0.15) is 0 Å². The van der Waals surface area contributed by atoms with Crippen molar-refractivity contribution in [1.29, 1.82) is 0 Å². The molecule has 0 saturated carbocycles. The number of nitrogens with zero attached hydrogens (tertiary/aromatic N) is 1. The Bertz CT molecular complexity index is 1550. The summed E-state index contributed by atoms with van der Waals surface area (Å²) < 4.78 is 14.5. The van der Waals surface area contributed by atoms with Crippen LogP contribution in [0.3, 0.4) is 0 Å². The lowest BCUT2D eigenvalue weighted by atomic mass is 9.59. The standard InChI is InChI=1S/C31H26FNO6/c1-15-12-25(36)28-22(29(15)37)14-21-19(26(28)17-4-9-24(35)23(32)13-17)7-8-20-27(21)31(39)33(30(20)38)11-10-16-2-5-18(34)6-3-16/h2-7,9,12-13,20-21,26-27,34-35H,8,10-11,14H2,1H3/t20-,21+,26-,27-/m0/s1. The minimum absolute atomic E-state index is 0.131. The Morgan fingerprint density at radius 1 is 0.974 bits per heavy atom. The zero-order chi connectivity index (χ0) is 27.6. The third-order valence-corrected chi connectivity index (χ3v) is 8.52. The Kier molecular flexibility index (Phi) is 5.86. The molecule has 0 unspecified atom stereocenters. The van der Waals surface area contributed by atoms with Crippen LogP contribution >= 0.6 is 0 Å². The maximum atomic E-state index is 14.5. The van der Waals surface area contributed by atoms with E-state index in [2.05, 4.69) is 0 Å². The minimum Gasteiger partial charge on any atom is -0.508 e. The van der Waals surface area contributed by atoms with Gasteiger partial charge in [0.2, 0.25) is 11.8 Å². The molecule has 2 aromatic carbocycles. The topological polar surface area (TPSA) is 112 Å². The summed E-state index contributed by atoms with van der Waals surface area (Å²) in [5, 5.41) is 19.3. The quantitative estimate of drug-likeness (QED) is 0.354. The number of rotatable bonds is 4. The fourth-order valence-electron chi connectivity index (χ4n) is 6.65. The summed E-state index contributed by atoms with van der Waals surface area (Å²) in [7, 11) is 0. The van der Waals surface area contributed by atoms with Crippen molar-refractivity contribution in [3.05, 3.63) is 93.9 Å². The Morgan fingerprint density at radius 2 is 1.72 bits per heavy atom. The van der Waals surface area contributed by atoms with Crippen LogP contribution in [-0.4, -0.2) is 45.0 Å². The average molecular weight is 528 g/mol. The number of phenolic OH excluding ortho intramolecular Hbond substituents is 2. The van der Waals surface area contributed by atoms with Gasteiger partial charge < -0.3 is 10.2 Å². The van der Waals surface area contributed by atoms with Crippen LogP contribution in [-0.2, 0) is 25.6 Å². The number of ketones is 2. The smallest absolute Gasteiger partial charge is 0.233 e. The fraction of sp³-hybridized carbons (Fsp3) is 0.290. The first kappa shape index (κ1) is 25.0. The Hall–Kier alpha value is -4.33. The van der Waals surface area contributed by atoms with E-state index in [1.165, 1.54) is 23.1 Å². The van der Waals surface area contributed by atoms with Crippen LogP contribution < -0.4 is 0 Å². The summed E-state index contributed by atoms with van der Waals surface area (Å²) in [6, 6.07) is 10.5. The number of aromatic hydroxyl groups is 2. The second kappa shape index (κ2) is 9.15. The first-order valence-corrected chi connectivity index (χ1v) is 13.0. The lowest BCUT2D eigenvalue weighted by Gasteiger charge is -2.42. The molecule has 2 aromatic rings. The number of fused-ring (bicyclic) bond motifs is 3. The zero-order valence-electron chi connectivity index (χ0n) is 21.2. The van der Waals surface area contributed by atoms with Crippen molar-refractivity contribution in [2.75, 3.05) is 6.54 Å². The Morgan fingerprint density at radius 3 is 2.44 bits per heavy atom. The van der Waals surface area contributed by atoms with Gasteiger partial charge in [-0.05, 0) is 73.6 Å². The van der Waals surface area contributed by atoms with Crippen LogP contribution in [0.15, 0.2) is 76.9 Å². The van der Waals surface area contributed by atoms with E-state index in [-0.39, 0.29) is 47.7 Å². The molecule has 39 heavy (non-hydrogen) atoms. The van der Waals surface area contributed by atoms with Crippen molar-refractivity contribution in [3.8, 4) is 11.5 Å². The molecule has 1 aliphatic heterocycles. The number of carbonyl (C=O) groups excluding carboxylic acids is 4. The number of hydrogen-bond acceptors (Lipinski definition) is 6. The predicted octanol–water partition coefficient (Wildman–Crippen LogP) is 3.91. The summed E-state index contributed by atoms with van der Waals surface area (Å²) in [6.07, 6.45) is 4.06. The number of hydrogen-bond donors (Lipinski definition) is 2. The number of phenols is 2. The number of carbonyl (C=O) groups is 4. The highest BCUT2D eigenvalue weighted by atomic mass is 19.1. The van der Waals surface area contributed by atoms with E-state index >= 15 is 0 Å². The summed E-state index contributed by atoms with van der Waals surface area (Å²) in [4.78, 5) is 54.9. The van der Waals surface area contributed by atoms with E-state index in [1.807, 2.05) is 6.08 Å². The normalized spacial score (nSPS) is 26.3. The van der Waals surface area contributed by atoms with Crippen molar-refractivity contribution in [2.45, 2.75) is 32.1 Å². The summed E-state index contributed by atoms with van der Waals surface area (Å²) in [6.45, 7) is 1.76. The van der Waals surface area contributed by atoms with Crippen molar-refractivity contribution in [1.82, 2.24) is 4.90 Å². The van der Waals surface area contributed by atoms with Crippen LogP contribution in [0.4, 0.5) is 4.39 Å². The molecule has 198 valence electrons. The van der Waals surface area contributed by atoms with E-state index in [0.29, 0.717) is 29.6 Å². The van der Waals surface area contributed by atoms with Crippen molar-refractivity contribution in [2.24, 2.45) is 17.8 Å². The highest BCUT2D eigenvalue weighted by Crippen LogP contribution is 2.55. The number of benzene rings is 2. The molecule has 7 nitrogen and oxygen atoms in total. The van der Waals surface area contributed by atoms with Crippen LogP contribution in [0, 0.1) is 23.6 Å². The van der Waals surface area contributed by atoms with E-state index < -0.39 is 35.2 Å². The lowest BCUT2D eigenvalue weighted by molar-refractivity contribution is -0.140. The zero-order valence-corrected chi connectivity index (χ0v) is 21.2. The number of halogens is 1. The van der Waals surface area contributed by atoms with Crippen LogP contribution in [0.5, 0.6) is 11.5 Å². The van der Waals surface area contributed by atoms with E-state index in [0.717, 1.165) is 17.2 Å². The molecule has 8 heteroatoms. The molecule has 2 N–H and O–H groups in total. The van der Waals surface area contributed by atoms with Crippen LogP contribution in [0.25, 0.3) is 0 Å². The molecule has 0 bridgehead atoms. The van der Waals surface area contributed by atoms with Crippen LogP contribution in [0.2, 0.25) is 0 Å². The van der Waals surface area contributed by atoms with Gasteiger partial charge in [0.25, 0.3) is 0 Å². The monoisotopic (exact) mass is 527 g/mol. The number of amides is 2. The third-order valence-electron chi connectivity index (χ3n) is 8.52. The first-order valence-electron chi connectivity index (χ1n) is 13.0. The fourth-order valence-corrected chi connectivity index (χ4v) is 6.65. The molecule has 3 aliphatic carbocycles. The molecule has 0 spiro atoms. The molecule has 0 aromatic heterocycles. The minimum atomic E-state index is -0.847. The number of Topliss-reactive ketones (excluding diaryl/α,β-unsaturated/α-hetero) is 1. The van der Waals surface area contributed by atoms with Gasteiger partial charge in [-0.15, -0.1) is 0 Å². The number of likely N-dealkylation sites (tertiary alicyclic amines) is 1. The SMILES string of the molecule is CC1=CC(=O)C2=C(C[C@@H]3C(=CC[C@@H]4C(=O)N(CCc5ccc(O)cc5)C(=O)[C@@H]43)[C@@H]2c2ccc(O)c(F)c2)C1=O. The molecule has 4 atom stereocenters. The molecule has 1 heterocycles. The van der Waals surface area contributed by atoms with E-state index in [1.54, 1.807) is 31.2 Å². The van der Waals surface area contributed by atoms with Gasteiger partial charge >= 0.3 is 0 Å². The summed E-state index contributed by atoms with van der Waals surface area (Å²) >= 11 is 0. The maximum absolute atomic E-state index is 14.5. The molecule has 0 radical (unpaired) electrons. The summed E-state index contributed by atoms with van der Waals surface area (Å²) in [5.41, 5.74) is 2.90. The van der Waals surface area contributed by atoms with Gasteiger partial charge in [0.1, 0.15) is 5.75 Å². The second-order valence-electron chi connectivity index (χ2n) is 10.7. The molecule has 1 saturated heterocycles. The number of allylic oxidation sites excluding steroid dienone is 6. The predicted molar refractivity (Wildman–Crippen MR) is 138 cm³/mol. The van der Waals surface area contributed by atoms with Crippen molar-refractivity contribution in [3.63, 3.8) is 0 Å². The highest BCUT2D eigenvalue weighted by Gasteiger charge is 2.56. The van der Waals surface area contributed by atoms with Gasteiger partial charge in [0, 0.05) is 29.2 Å². The molecule has 6 rings (SSSR count). The number of imide groups is 1. The highest BCUT2D eigenvalue weighted by molar-refractivity contribution is 6.23. The van der Waals surface area contributed by atoms with E-state index in [4.69, 9.17) is 0 Å².